The Labute approximate surface area is 291 Å². The van der Waals surface area contributed by atoms with Crippen LogP contribution in [0.1, 0.15) is 213 Å². The predicted molar refractivity (Wildman–Crippen MR) is 206 cm³/mol. The predicted octanol–water partition coefficient (Wildman–Crippen LogP) is 12.2. The number of aliphatic hydroxyl groups excluding tert-OH is 1. The number of aliphatic hydroxyl groups is 1. The Morgan fingerprint density at radius 1 is 0.457 bits per heavy atom. The van der Waals surface area contributed by atoms with E-state index in [1.54, 1.807) is 0 Å². The van der Waals surface area contributed by atoms with Crippen molar-refractivity contribution in [3.63, 3.8) is 0 Å². The molecule has 0 aliphatic carbocycles. The van der Waals surface area contributed by atoms with Gasteiger partial charge >= 0.3 is 0 Å². The van der Waals surface area contributed by atoms with Crippen molar-refractivity contribution in [3.05, 3.63) is 0 Å². The van der Waals surface area contributed by atoms with Crippen LogP contribution in [0.15, 0.2) is 0 Å². The third-order valence-electron chi connectivity index (χ3n) is 10.8. The molecule has 0 aromatic rings. The molecule has 1 aliphatic rings. The van der Waals surface area contributed by atoms with Gasteiger partial charge in [0.1, 0.15) is 0 Å². The van der Waals surface area contributed by atoms with Crippen LogP contribution in [0.25, 0.3) is 0 Å². The van der Waals surface area contributed by atoms with Gasteiger partial charge in [-0.1, -0.05) is 201 Å². The van der Waals surface area contributed by atoms with Crippen molar-refractivity contribution in [1.82, 2.24) is 14.9 Å². The molecule has 0 aromatic heterocycles. The Morgan fingerprint density at radius 3 is 1.15 bits per heavy atom. The summed E-state index contributed by atoms with van der Waals surface area (Å²) >= 11 is 0. The van der Waals surface area contributed by atoms with Crippen LogP contribution in [0.5, 0.6) is 0 Å². The summed E-state index contributed by atoms with van der Waals surface area (Å²) in [6.45, 7) is 13.5. The number of piperazine rings is 1. The van der Waals surface area contributed by atoms with E-state index in [1.165, 1.54) is 186 Å². The number of nitrogens with zero attached hydrogens (tertiary/aromatic N) is 3. The average Bonchev–Trinajstić information content (AvgIpc) is 3.05. The first-order valence-corrected chi connectivity index (χ1v) is 21.4. The monoisotopic (exact) mass is 650 g/mol. The lowest BCUT2D eigenvalue weighted by atomic mass is 10.0. The highest BCUT2D eigenvalue weighted by Gasteiger charge is 2.24. The van der Waals surface area contributed by atoms with Crippen molar-refractivity contribution >= 4 is 0 Å². The normalized spacial score (nSPS) is 16.0. The van der Waals surface area contributed by atoms with E-state index in [4.69, 9.17) is 0 Å². The second kappa shape index (κ2) is 33.3. The van der Waals surface area contributed by atoms with Gasteiger partial charge < -0.3 is 10.0 Å². The van der Waals surface area contributed by atoms with Crippen LogP contribution < -0.4 is 0 Å². The second-order valence-electron chi connectivity index (χ2n) is 15.7. The summed E-state index contributed by atoms with van der Waals surface area (Å²) in [5.41, 5.74) is 0. The average molecular weight is 650 g/mol. The Hall–Kier alpha value is -0.160. The van der Waals surface area contributed by atoms with Crippen LogP contribution in [0.4, 0.5) is 0 Å². The topological polar surface area (TPSA) is 30.0 Å². The molecule has 46 heavy (non-hydrogen) atoms. The fraction of sp³-hybridized carbons (Fsp3) is 1.00. The molecule has 2 unspecified atom stereocenters. The van der Waals surface area contributed by atoms with Gasteiger partial charge in [-0.2, -0.15) is 0 Å². The van der Waals surface area contributed by atoms with Gasteiger partial charge in [0.15, 0.2) is 0 Å². The summed E-state index contributed by atoms with van der Waals surface area (Å²) in [6, 6.07) is 0. The molecular formula is C42H87N3O. The van der Waals surface area contributed by atoms with Crippen LogP contribution >= 0.6 is 0 Å². The second-order valence-corrected chi connectivity index (χ2v) is 15.7. The van der Waals surface area contributed by atoms with Gasteiger partial charge in [0.25, 0.3) is 0 Å². The van der Waals surface area contributed by atoms with E-state index in [9.17, 15) is 5.11 Å². The van der Waals surface area contributed by atoms with Crippen LogP contribution in [0.3, 0.4) is 0 Å². The highest BCUT2D eigenvalue weighted by molar-refractivity contribution is 4.73. The molecule has 1 saturated heterocycles. The lowest BCUT2D eigenvalue weighted by molar-refractivity contribution is -0.0840. The minimum absolute atomic E-state index is 0.190. The summed E-state index contributed by atoms with van der Waals surface area (Å²) in [6.07, 6.45) is 41.7. The Morgan fingerprint density at radius 2 is 0.783 bits per heavy atom. The van der Waals surface area contributed by atoms with E-state index in [2.05, 4.69) is 42.7 Å². The van der Waals surface area contributed by atoms with Crippen LogP contribution in [0.2, 0.25) is 0 Å². The number of unbranched alkanes of at least 4 members (excludes halogenated alkanes) is 26. The molecule has 1 rings (SSSR count). The number of hydrazine groups is 1. The molecule has 0 saturated carbocycles. The Kier molecular flexibility index (Phi) is 31.8. The minimum atomic E-state index is -0.190. The molecule has 276 valence electrons. The van der Waals surface area contributed by atoms with Gasteiger partial charge in [-0.05, 0) is 25.8 Å². The van der Waals surface area contributed by atoms with E-state index in [0.29, 0.717) is 5.92 Å². The van der Waals surface area contributed by atoms with Gasteiger partial charge in [0.2, 0.25) is 0 Å². The largest absolute Gasteiger partial charge is 0.392 e. The van der Waals surface area contributed by atoms with E-state index in [-0.39, 0.29) is 6.10 Å². The molecule has 2 atom stereocenters. The third kappa shape index (κ3) is 27.8. The number of likely N-dealkylation sites (N-methyl/N-ethyl adjacent to an activating group) is 1. The van der Waals surface area contributed by atoms with Crippen molar-refractivity contribution in [3.8, 4) is 0 Å². The zero-order valence-corrected chi connectivity index (χ0v) is 32.4. The van der Waals surface area contributed by atoms with Gasteiger partial charge in [0, 0.05) is 39.3 Å². The van der Waals surface area contributed by atoms with Crippen LogP contribution in [-0.4, -0.2) is 72.4 Å². The first-order valence-electron chi connectivity index (χ1n) is 21.4. The molecule has 1 aliphatic heterocycles. The molecule has 0 aromatic carbocycles. The molecule has 0 bridgehead atoms. The molecule has 1 N–H and O–H groups in total. The zero-order chi connectivity index (χ0) is 33.3. The first-order chi connectivity index (χ1) is 22.6. The van der Waals surface area contributed by atoms with Crippen molar-refractivity contribution in [2.75, 3.05) is 46.3 Å². The maximum absolute atomic E-state index is 11.0. The Bertz CT molecular complexity index is 553. The van der Waals surface area contributed by atoms with E-state index >= 15 is 0 Å². The number of hydrogen-bond donors (Lipinski definition) is 1. The zero-order valence-electron chi connectivity index (χ0n) is 32.4. The van der Waals surface area contributed by atoms with Gasteiger partial charge in [-0.3, -0.25) is 0 Å². The first kappa shape index (κ1) is 43.9. The third-order valence-corrected chi connectivity index (χ3v) is 10.8. The summed E-state index contributed by atoms with van der Waals surface area (Å²) < 4.78 is 0. The molecular weight excluding hydrogens is 562 g/mol. The number of rotatable bonds is 35. The summed E-state index contributed by atoms with van der Waals surface area (Å²) in [4.78, 5) is 2.44. The quantitative estimate of drug-likeness (QED) is 0.0692. The fourth-order valence-electron chi connectivity index (χ4n) is 7.43. The molecule has 0 spiro atoms. The highest BCUT2D eigenvalue weighted by atomic mass is 16.3. The molecule has 1 heterocycles. The SMILES string of the molecule is CCCCCCCCCCCCCCCCC(C)CN(CC(O)CCCCCCCCCCCCCCCC)N1CCN(C)CC1. The van der Waals surface area contributed by atoms with E-state index in [1.807, 2.05) is 0 Å². The molecule has 4 nitrogen and oxygen atoms in total. The maximum Gasteiger partial charge on any atom is 0.0681 e. The smallest absolute Gasteiger partial charge is 0.0681 e. The lowest BCUT2D eigenvalue weighted by Gasteiger charge is -2.42. The molecule has 0 amide bonds. The van der Waals surface area contributed by atoms with Gasteiger partial charge in [0.05, 0.1) is 6.10 Å². The van der Waals surface area contributed by atoms with Crippen LogP contribution in [-0.2, 0) is 0 Å². The molecule has 0 radical (unpaired) electrons. The van der Waals surface area contributed by atoms with E-state index in [0.717, 1.165) is 45.7 Å². The lowest BCUT2D eigenvalue weighted by Crippen LogP contribution is -2.55. The van der Waals surface area contributed by atoms with Gasteiger partial charge in [-0.25, -0.2) is 10.0 Å². The number of hydrogen-bond acceptors (Lipinski definition) is 4. The standard InChI is InChI=1S/C42H87N3O/c1-5-7-9-11-13-15-17-19-21-23-25-27-29-31-33-41(3)39-45(44-37-35-43(4)36-38-44)40-42(46)34-32-30-28-26-24-22-20-18-16-14-12-10-8-6-2/h41-42,46H,5-40H2,1-4H3. The van der Waals surface area contributed by atoms with Crippen molar-refractivity contribution in [2.24, 2.45) is 5.92 Å². The maximum atomic E-state index is 11.0. The van der Waals surface area contributed by atoms with Gasteiger partial charge in [-0.15, -0.1) is 0 Å². The highest BCUT2D eigenvalue weighted by Crippen LogP contribution is 2.19. The summed E-state index contributed by atoms with van der Waals surface area (Å²) in [5, 5.41) is 16.2. The minimum Gasteiger partial charge on any atom is -0.392 e. The Balaban J connectivity index is 2.11. The van der Waals surface area contributed by atoms with Crippen molar-refractivity contribution in [2.45, 2.75) is 219 Å². The van der Waals surface area contributed by atoms with Crippen LogP contribution in [0, 0.1) is 5.92 Å². The fourth-order valence-corrected chi connectivity index (χ4v) is 7.43. The molecule has 4 heteroatoms. The van der Waals surface area contributed by atoms with Crippen molar-refractivity contribution in [1.29, 1.82) is 0 Å². The summed E-state index contributed by atoms with van der Waals surface area (Å²) in [7, 11) is 2.24. The molecule has 1 fully saturated rings. The van der Waals surface area contributed by atoms with E-state index < -0.39 is 0 Å². The van der Waals surface area contributed by atoms with Crippen molar-refractivity contribution < 1.29 is 5.11 Å². The summed E-state index contributed by atoms with van der Waals surface area (Å²) in [5.74, 6) is 0.699.